The number of hydrogen-bond donors (Lipinski definition) is 1. The molecule has 1 aliphatic rings. The van der Waals surface area contributed by atoms with Gasteiger partial charge in [-0.3, -0.25) is 14.5 Å². The molecule has 1 heterocycles. The lowest BCUT2D eigenvalue weighted by Crippen LogP contribution is -2.30. The Kier molecular flexibility index (Phi) is 5.25. The molecular formula is C24H17F2NO4. The highest BCUT2D eigenvalue weighted by molar-refractivity contribution is 6.51. The van der Waals surface area contributed by atoms with Crippen LogP contribution < -0.4 is 9.64 Å². The van der Waals surface area contributed by atoms with Crippen molar-refractivity contribution in [3.8, 4) is 5.75 Å². The molecule has 3 aromatic rings. The number of carbonyl (C=O) groups excluding carboxylic acids is 2. The number of hydrogen-bond acceptors (Lipinski definition) is 4. The molecule has 0 saturated carbocycles. The normalized spacial score (nSPS) is 17.8. The van der Waals surface area contributed by atoms with E-state index < -0.39 is 40.8 Å². The van der Waals surface area contributed by atoms with Gasteiger partial charge in [0.2, 0.25) is 0 Å². The van der Waals surface area contributed by atoms with Gasteiger partial charge in [0.15, 0.2) is 0 Å². The largest absolute Gasteiger partial charge is 0.507 e. The first-order valence-corrected chi connectivity index (χ1v) is 9.38. The van der Waals surface area contributed by atoms with E-state index in [0.29, 0.717) is 5.56 Å². The fourth-order valence-electron chi connectivity index (χ4n) is 3.69. The molecule has 1 saturated heterocycles. The summed E-state index contributed by atoms with van der Waals surface area (Å²) in [6.45, 7) is 0. The lowest BCUT2D eigenvalue weighted by atomic mass is 9.95. The first kappa shape index (κ1) is 20.3. The van der Waals surface area contributed by atoms with Crippen LogP contribution in [0, 0.1) is 11.6 Å². The van der Waals surface area contributed by atoms with Crippen molar-refractivity contribution in [3.05, 3.63) is 101 Å². The van der Waals surface area contributed by atoms with E-state index in [2.05, 4.69) is 0 Å². The van der Waals surface area contributed by atoms with Gasteiger partial charge < -0.3 is 9.84 Å². The maximum atomic E-state index is 14.6. The predicted molar refractivity (Wildman–Crippen MR) is 111 cm³/mol. The van der Waals surface area contributed by atoms with Gasteiger partial charge >= 0.3 is 0 Å². The third-order valence-corrected chi connectivity index (χ3v) is 5.09. The van der Waals surface area contributed by atoms with Gasteiger partial charge in [-0.15, -0.1) is 0 Å². The molecule has 3 aromatic carbocycles. The van der Waals surface area contributed by atoms with Crippen LogP contribution in [0.25, 0.3) is 5.76 Å². The standard InChI is InChI=1S/C24H17F2NO4/c1-31-19-10-6-5-9-16(19)22(28)20-21(14-7-3-2-4-8-14)27(24(30)23(20)29)18-13-15(25)11-12-17(18)26/h2-13,21,28H,1H3/b22-20+. The second-order valence-electron chi connectivity index (χ2n) is 6.88. The van der Waals surface area contributed by atoms with Crippen LogP contribution in [0.3, 0.4) is 0 Å². The van der Waals surface area contributed by atoms with Crippen molar-refractivity contribution in [2.75, 3.05) is 12.0 Å². The van der Waals surface area contributed by atoms with Gasteiger partial charge in [0.25, 0.3) is 11.7 Å². The van der Waals surface area contributed by atoms with Crippen LogP contribution in [0.15, 0.2) is 78.4 Å². The van der Waals surface area contributed by atoms with Crippen molar-refractivity contribution in [1.29, 1.82) is 0 Å². The molecule has 1 N–H and O–H groups in total. The van der Waals surface area contributed by atoms with Gasteiger partial charge in [0.05, 0.1) is 30.0 Å². The number of ether oxygens (including phenoxy) is 1. The second-order valence-corrected chi connectivity index (χ2v) is 6.88. The van der Waals surface area contributed by atoms with Crippen LogP contribution in [0.2, 0.25) is 0 Å². The number of rotatable bonds is 4. The number of amides is 1. The van der Waals surface area contributed by atoms with E-state index in [1.54, 1.807) is 48.5 Å². The van der Waals surface area contributed by atoms with Crippen LogP contribution >= 0.6 is 0 Å². The molecule has 0 aliphatic carbocycles. The third kappa shape index (κ3) is 3.44. The van der Waals surface area contributed by atoms with Crippen molar-refractivity contribution in [1.82, 2.24) is 0 Å². The van der Waals surface area contributed by atoms with Gasteiger partial charge in [-0.2, -0.15) is 0 Å². The molecule has 0 bridgehead atoms. The van der Waals surface area contributed by atoms with E-state index in [9.17, 15) is 23.5 Å². The summed E-state index contributed by atoms with van der Waals surface area (Å²) >= 11 is 0. The zero-order valence-electron chi connectivity index (χ0n) is 16.4. The average molecular weight is 421 g/mol. The molecule has 0 spiro atoms. The highest BCUT2D eigenvalue weighted by Crippen LogP contribution is 2.43. The number of ketones is 1. The Labute approximate surface area is 176 Å². The topological polar surface area (TPSA) is 66.8 Å². The van der Waals surface area contributed by atoms with Crippen LogP contribution in [-0.4, -0.2) is 23.9 Å². The molecule has 1 atom stereocenters. The number of aliphatic hydroxyl groups excluding tert-OH is 1. The number of anilines is 1. The minimum Gasteiger partial charge on any atom is -0.507 e. The van der Waals surface area contributed by atoms with Gasteiger partial charge in [-0.1, -0.05) is 42.5 Å². The molecule has 31 heavy (non-hydrogen) atoms. The zero-order valence-corrected chi connectivity index (χ0v) is 16.4. The van der Waals surface area contributed by atoms with Crippen molar-refractivity contribution >= 4 is 23.1 Å². The van der Waals surface area contributed by atoms with Crippen LogP contribution in [0.4, 0.5) is 14.5 Å². The van der Waals surface area contributed by atoms with Gasteiger partial charge in [0.1, 0.15) is 23.1 Å². The van der Waals surface area contributed by atoms with Gasteiger partial charge in [0, 0.05) is 6.07 Å². The number of methoxy groups -OCH3 is 1. The Bertz CT molecular complexity index is 1210. The summed E-state index contributed by atoms with van der Waals surface area (Å²) in [6.07, 6.45) is 0. The molecule has 1 amide bonds. The van der Waals surface area contributed by atoms with Crippen molar-refractivity contribution in [3.63, 3.8) is 0 Å². The van der Waals surface area contributed by atoms with E-state index in [-0.39, 0.29) is 16.9 Å². The smallest absolute Gasteiger partial charge is 0.300 e. The summed E-state index contributed by atoms with van der Waals surface area (Å²) in [6, 6.07) is 16.3. The van der Waals surface area contributed by atoms with Crippen LogP contribution in [0.1, 0.15) is 17.2 Å². The molecule has 7 heteroatoms. The van der Waals surface area contributed by atoms with E-state index in [1.165, 1.54) is 13.2 Å². The maximum Gasteiger partial charge on any atom is 0.300 e. The molecule has 0 radical (unpaired) electrons. The van der Waals surface area contributed by atoms with Gasteiger partial charge in [-0.05, 0) is 29.8 Å². The minimum atomic E-state index is -1.16. The first-order valence-electron chi connectivity index (χ1n) is 9.38. The maximum absolute atomic E-state index is 14.6. The summed E-state index contributed by atoms with van der Waals surface area (Å²) < 4.78 is 33.8. The molecule has 1 unspecified atom stereocenters. The van der Waals surface area contributed by atoms with Crippen LogP contribution in [0.5, 0.6) is 5.75 Å². The van der Waals surface area contributed by atoms with E-state index in [1.807, 2.05) is 0 Å². The predicted octanol–water partition coefficient (Wildman–Crippen LogP) is 4.60. The Morgan fingerprint density at radius 1 is 0.968 bits per heavy atom. The first-order chi connectivity index (χ1) is 14.9. The number of nitrogens with zero attached hydrogens (tertiary/aromatic N) is 1. The number of benzene rings is 3. The van der Waals surface area contributed by atoms with Crippen molar-refractivity contribution in [2.24, 2.45) is 0 Å². The summed E-state index contributed by atoms with van der Waals surface area (Å²) in [5.41, 5.74) is 0.00449. The summed E-state index contributed by atoms with van der Waals surface area (Å²) in [5.74, 6) is -3.91. The number of Topliss-reactive ketones (excluding diaryl/α,β-unsaturated/α-hetero) is 1. The lowest BCUT2D eigenvalue weighted by molar-refractivity contribution is -0.132. The Hall–Kier alpha value is -4.00. The lowest BCUT2D eigenvalue weighted by Gasteiger charge is -2.26. The SMILES string of the molecule is COc1ccccc1/C(O)=C1\C(=O)C(=O)N(c2cc(F)ccc2F)C1c1ccccc1. The second kappa shape index (κ2) is 8.02. The number of para-hydroxylation sites is 1. The molecule has 4 rings (SSSR count). The highest BCUT2D eigenvalue weighted by atomic mass is 19.1. The summed E-state index contributed by atoms with van der Waals surface area (Å²) in [7, 11) is 1.40. The third-order valence-electron chi connectivity index (χ3n) is 5.09. The van der Waals surface area contributed by atoms with E-state index in [0.717, 1.165) is 23.1 Å². The number of aliphatic hydroxyl groups is 1. The Morgan fingerprint density at radius 3 is 2.35 bits per heavy atom. The Morgan fingerprint density at radius 2 is 1.65 bits per heavy atom. The monoisotopic (exact) mass is 421 g/mol. The quantitative estimate of drug-likeness (QED) is 0.380. The van der Waals surface area contributed by atoms with E-state index in [4.69, 9.17) is 4.74 Å². The fraction of sp³-hybridized carbons (Fsp3) is 0.0833. The highest BCUT2D eigenvalue weighted by Gasteiger charge is 2.48. The number of carbonyl (C=O) groups is 2. The Balaban J connectivity index is 2.00. The molecule has 156 valence electrons. The van der Waals surface area contributed by atoms with Crippen LogP contribution in [-0.2, 0) is 9.59 Å². The average Bonchev–Trinajstić information content (AvgIpc) is 3.06. The molecular weight excluding hydrogens is 404 g/mol. The number of halogens is 2. The molecule has 1 aliphatic heterocycles. The van der Waals surface area contributed by atoms with Crippen molar-refractivity contribution < 1.29 is 28.2 Å². The minimum absolute atomic E-state index is 0.198. The molecule has 0 aromatic heterocycles. The van der Waals surface area contributed by atoms with Gasteiger partial charge in [-0.25, -0.2) is 8.78 Å². The zero-order chi connectivity index (χ0) is 22.1. The summed E-state index contributed by atoms with van der Waals surface area (Å²) in [5, 5.41) is 11.1. The molecule has 1 fully saturated rings. The van der Waals surface area contributed by atoms with E-state index >= 15 is 0 Å². The fourth-order valence-corrected chi connectivity index (χ4v) is 3.69. The molecule has 5 nitrogen and oxygen atoms in total. The van der Waals surface area contributed by atoms with Crippen molar-refractivity contribution in [2.45, 2.75) is 6.04 Å². The summed E-state index contributed by atoms with van der Waals surface area (Å²) in [4.78, 5) is 26.9.